The molecular formula is C16H13NO3. The van der Waals surface area contributed by atoms with Crippen LogP contribution in [0.1, 0.15) is 5.56 Å². The predicted octanol–water partition coefficient (Wildman–Crippen LogP) is 3.57. The van der Waals surface area contributed by atoms with Crippen molar-refractivity contribution in [2.75, 3.05) is 13.2 Å². The molecule has 0 bridgehead atoms. The number of nitrogens with zero attached hydrogens (tertiary/aromatic N) is 1. The molecule has 4 nitrogen and oxygen atoms in total. The van der Waals surface area contributed by atoms with Crippen molar-refractivity contribution in [2.24, 2.45) is 0 Å². The second-order valence-electron chi connectivity index (χ2n) is 4.85. The number of rotatable bonds is 1. The van der Waals surface area contributed by atoms with Crippen LogP contribution in [0.15, 0.2) is 40.8 Å². The van der Waals surface area contributed by atoms with Gasteiger partial charge in [-0.05, 0) is 19.1 Å². The van der Waals surface area contributed by atoms with Crippen molar-refractivity contribution >= 4 is 11.1 Å². The van der Waals surface area contributed by atoms with E-state index in [1.54, 1.807) is 0 Å². The Hall–Kier alpha value is -2.49. The zero-order valence-corrected chi connectivity index (χ0v) is 11.1. The molecule has 0 N–H and O–H groups in total. The lowest BCUT2D eigenvalue weighted by atomic mass is 10.1. The van der Waals surface area contributed by atoms with Crippen molar-refractivity contribution in [1.29, 1.82) is 0 Å². The first-order valence-corrected chi connectivity index (χ1v) is 6.57. The van der Waals surface area contributed by atoms with Crippen molar-refractivity contribution in [2.45, 2.75) is 6.92 Å². The van der Waals surface area contributed by atoms with Gasteiger partial charge >= 0.3 is 0 Å². The molecule has 0 aliphatic carbocycles. The molecule has 1 aliphatic rings. The third kappa shape index (κ3) is 1.81. The first-order valence-electron chi connectivity index (χ1n) is 6.57. The van der Waals surface area contributed by atoms with E-state index in [-0.39, 0.29) is 0 Å². The minimum absolute atomic E-state index is 0.567. The van der Waals surface area contributed by atoms with E-state index in [0.717, 1.165) is 22.6 Å². The molecule has 2 heterocycles. The number of benzene rings is 2. The molecule has 20 heavy (non-hydrogen) atoms. The largest absolute Gasteiger partial charge is 0.486 e. The van der Waals surface area contributed by atoms with E-state index in [2.05, 4.69) is 11.9 Å². The minimum Gasteiger partial charge on any atom is -0.486 e. The van der Waals surface area contributed by atoms with Gasteiger partial charge in [-0.1, -0.05) is 17.7 Å². The second kappa shape index (κ2) is 4.27. The third-order valence-corrected chi connectivity index (χ3v) is 3.35. The molecule has 3 aromatic rings. The van der Waals surface area contributed by atoms with Crippen LogP contribution in [-0.2, 0) is 0 Å². The van der Waals surface area contributed by atoms with Gasteiger partial charge in [0.2, 0.25) is 5.89 Å². The highest BCUT2D eigenvalue weighted by Crippen LogP contribution is 2.36. The summed E-state index contributed by atoms with van der Waals surface area (Å²) < 4.78 is 16.9. The molecule has 0 saturated heterocycles. The Morgan fingerprint density at radius 3 is 2.40 bits per heavy atom. The molecule has 1 aromatic heterocycles. The van der Waals surface area contributed by atoms with Gasteiger partial charge in [-0.3, -0.25) is 0 Å². The molecule has 2 aromatic carbocycles. The maximum atomic E-state index is 5.81. The van der Waals surface area contributed by atoms with Gasteiger partial charge < -0.3 is 13.9 Å². The Morgan fingerprint density at radius 2 is 1.65 bits per heavy atom. The Kier molecular flexibility index (Phi) is 2.42. The summed E-state index contributed by atoms with van der Waals surface area (Å²) in [7, 11) is 0. The summed E-state index contributed by atoms with van der Waals surface area (Å²) in [5, 5.41) is 0. The van der Waals surface area contributed by atoms with Crippen LogP contribution < -0.4 is 9.47 Å². The van der Waals surface area contributed by atoms with Gasteiger partial charge in [0.05, 0.1) is 0 Å². The van der Waals surface area contributed by atoms with E-state index in [4.69, 9.17) is 13.9 Å². The van der Waals surface area contributed by atoms with E-state index in [0.29, 0.717) is 24.7 Å². The van der Waals surface area contributed by atoms with Crippen LogP contribution in [0, 0.1) is 6.92 Å². The van der Waals surface area contributed by atoms with E-state index >= 15 is 0 Å². The SMILES string of the molecule is Cc1ccc(-c2nc3cc4c(cc3o2)OCCO4)cc1. The molecule has 4 heteroatoms. The molecule has 0 fully saturated rings. The lowest BCUT2D eigenvalue weighted by molar-refractivity contribution is 0.172. The summed E-state index contributed by atoms with van der Waals surface area (Å²) in [4.78, 5) is 4.52. The highest BCUT2D eigenvalue weighted by Gasteiger charge is 2.16. The van der Waals surface area contributed by atoms with Crippen molar-refractivity contribution in [1.82, 2.24) is 4.98 Å². The number of aromatic nitrogens is 1. The summed E-state index contributed by atoms with van der Waals surface area (Å²) in [5.74, 6) is 2.06. The van der Waals surface area contributed by atoms with Gasteiger partial charge in [-0.25, -0.2) is 4.98 Å². The minimum atomic E-state index is 0.567. The van der Waals surface area contributed by atoms with Crippen LogP contribution in [0.2, 0.25) is 0 Å². The maximum absolute atomic E-state index is 5.81. The zero-order valence-electron chi connectivity index (χ0n) is 11.1. The van der Waals surface area contributed by atoms with Crippen LogP contribution in [0.4, 0.5) is 0 Å². The molecule has 0 saturated carbocycles. The van der Waals surface area contributed by atoms with Crippen molar-refractivity contribution < 1.29 is 13.9 Å². The third-order valence-electron chi connectivity index (χ3n) is 3.35. The van der Waals surface area contributed by atoms with E-state index in [9.17, 15) is 0 Å². The lowest BCUT2D eigenvalue weighted by Gasteiger charge is -2.17. The standard InChI is InChI=1S/C16H13NO3/c1-10-2-4-11(5-3-10)16-17-12-8-14-15(9-13(12)20-16)19-7-6-18-14/h2-5,8-9H,6-7H2,1H3. The van der Waals surface area contributed by atoms with Crippen molar-refractivity contribution in [3.05, 3.63) is 42.0 Å². The zero-order chi connectivity index (χ0) is 13.5. The topological polar surface area (TPSA) is 44.5 Å². The van der Waals surface area contributed by atoms with Crippen molar-refractivity contribution in [3.63, 3.8) is 0 Å². The van der Waals surface area contributed by atoms with E-state index < -0.39 is 0 Å². The Morgan fingerprint density at radius 1 is 0.950 bits per heavy atom. The van der Waals surface area contributed by atoms with Crippen LogP contribution in [0.5, 0.6) is 11.5 Å². The summed E-state index contributed by atoms with van der Waals surface area (Å²) in [5.41, 5.74) is 3.67. The number of hydrogen-bond donors (Lipinski definition) is 0. The lowest BCUT2D eigenvalue weighted by Crippen LogP contribution is -2.15. The number of aryl methyl sites for hydroxylation is 1. The molecule has 0 radical (unpaired) electrons. The number of oxazole rings is 1. The fraction of sp³-hybridized carbons (Fsp3) is 0.188. The molecule has 0 spiro atoms. The highest BCUT2D eigenvalue weighted by molar-refractivity contribution is 5.80. The van der Waals surface area contributed by atoms with Crippen LogP contribution in [0.3, 0.4) is 0 Å². The molecule has 100 valence electrons. The monoisotopic (exact) mass is 267 g/mol. The van der Waals surface area contributed by atoms with E-state index in [1.165, 1.54) is 5.56 Å². The fourth-order valence-electron chi connectivity index (χ4n) is 2.28. The summed E-state index contributed by atoms with van der Waals surface area (Å²) in [6.07, 6.45) is 0. The van der Waals surface area contributed by atoms with Crippen LogP contribution in [-0.4, -0.2) is 18.2 Å². The molecule has 0 atom stereocenters. The maximum Gasteiger partial charge on any atom is 0.227 e. The number of ether oxygens (including phenoxy) is 2. The van der Waals surface area contributed by atoms with E-state index in [1.807, 2.05) is 36.4 Å². The summed E-state index contributed by atoms with van der Waals surface area (Å²) in [6.45, 7) is 3.19. The Bertz CT molecular complexity index is 731. The summed E-state index contributed by atoms with van der Waals surface area (Å²) in [6, 6.07) is 11.8. The molecule has 0 unspecified atom stereocenters. The molecular weight excluding hydrogens is 254 g/mol. The number of hydrogen-bond acceptors (Lipinski definition) is 4. The molecule has 0 amide bonds. The van der Waals surface area contributed by atoms with Gasteiger partial charge in [-0.2, -0.15) is 0 Å². The first-order chi connectivity index (χ1) is 9.79. The molecule has 1 aliphatic heterocycles. The number of fused-ring (bicyclic) bond motifs is 2. The van der Waals surface area contributed by atoms with Crippen LogP contribution in [0.25, 0.3) is 22.6 Å². The summed E-state index contributed by atoms with van der Waals surface area (Å²) >= 11 is 0. The van der Waals surface area contributed by atoms with Crippen molar-refractivity contribution in [3.8, 4) is 23.0 Å². The van der Waals surface area contributed by atoms with Gasteiger partial charge in [0.1, 0.15) is 18.7 Å². The average molecular weight is 267 g/mol. The smallest absolute Gasteiger partial charge is 0.227 e. The quantitative estimate of drug-likeness (QED) is 0.676. The normalized spacial score (nSPS) is 13.7. The Balaban J connectivity index is 1.84. The van der Waals surface area contributed by atoms with Gasteiger partial charge in [-0.15, -0.1) is 0 Å². The molecule has 4 rings (SSSR count). The Labute approximate surface area is 116 Å². The van der Waals surface area contributed by atoms with Crippen LogP contribution >= 0.6 is 0 Å². The highest BCUT2D eigenvalue weighted by atomic mass is 16.6. The van der Waals surface area contributed by atoms with Gasteiger partial charge in [0.25, 0.3) is 0 Å². The predicted molar refractivity (Wildman–Crippen MR) is 75.2 cm³/mol. The first kappa shape index (κ1) is 11.3. The average Bonchev–Trinajstić information content (AvgIpc) is 2.88. The van der Waals surface area contributed by atoms with Gasteiger partial charge in [0.15, 0.2) is 17.1 Å². The second-order valence-corrected chi connectivity index (χ2v) is 4.85. The van der Waals surface area contributed by atoms with Gasteiger partial charge in [0, 0.05) is 17.7 Å². The fourth-order valence-corrected chi connectivity index (χ4v) is 2.28.